The van der Waals surface area contributed by atoms with Gasteiger partial charge in [0.1, 0.15) is 0 Å². The standard InChI is InChI=1S/C22H20Cl2N2O3S/c1-15-2-4-16(5-3-15)6-13-22(27)25-18-8-10-19(11-9-18)30(28,29)26-21-12-7-17(23)14-20(21)24/h2-5,7-12,14,26H,6,13H2,1H3,(H,25,27). The van der Waals surface area contributed by atoms with Crippen LogP contribution in [0.2, 0.25) is 10.0 Å². The van der Waals surface area contributed by atoms with Crippen LogP contribution in [0.5, 0.6) is 0 Å². The van der Waals surface area contributed by atoms with Crippen molar-refractivity contribution in [3.8, 4) is 0 Å². The van der Waals surface area contributed by atoms with E-state index in [1.165, 1.54) is 29.8 Å². The van der Waals surface area contributed by atoms with Crippen molar-refractivity contribution in [1.82, 2.24) is 0 Å². The first-order valence-corrected chi connectivity index (χ1v) is 11.4. The zero-order chi connectivity index (χ0) is 21.7. The van der Waals surface area contributed by atoms with Crippen LogP contribution in [0.1, 0.15) is 17.5 Å². The van der Waals surface area contributed by atoms with E-state index in [0.717, 1.165) is 5.56 Å². The van der Waals surface area contributed by atoms with Gasteiger partial charge >= 0.3 is 0 Å². The van der Waals surface area contributed by atoms with E-state index in [4.69, 9.17) is 23.2 Å². The Morgan fingerprint density at radius 3 is 2.23 bits per heavy atom. The highest BCUT2D eigenvalue weighted by Gasteiger charge is 2.16. The number of carbonyl (C=O) groups excluding carboxylic acids is 1. The highest BCUT2D eigenvalue weighted by atomic mass is 35.5. The molecule has 0 aromatic heterocycles. The number of anilines is 2. The van der Waals surface area contributed by atoms with Crippen molar-refractivity contribution >= 4 is 50.5 Å². The van der Waals surface area contributed by atoms with Crippen LogP contribution >= 0.6 is 23.2 Å². The number of sulfonamides is 1. The van der Waals surface area contributed by atoms with Crippen molar-refractivity contribution in [2.24, 2.45) is 0 Å². The highest BCUT2D eigenvalue weighted by molar-refractivity contribution is 7.92. The fourth-order valence-electron chi connectivity index (χ4n) is 2.73. The molecule has 2 N–H and O–H groups in total. The van der Waals surface area contributed by atoms with E-state index in [-0.39, 0.29) is 21.5 Å². The van der Waals surface area contributed by atoms with Crippen molar-refractivity contribution in [2.45, 2.75) is 24.7 Å². The van der Waals surface area contributed by atoms with Gasteiger partial charge in [-0.3, -0.25) is 9.52 Å². The van der Waals surface area contributed by atoms with E-state index in [1.54, 1.807) is 18.2 Å². The number of benzene rings is 3. The van der Waals surface area contributed by atoms with Crippen LogP contribution in [-0.4, -0.2) is 14.3 Å². The lowest BCUT2D eigenvalue weighted by molar-refractivity contribution is -0.116. The molecule has 156 valence electrons. The fraction of sp³-hybridized carbons (Fsp3) is 0.136. The number of nitrogens with one attached hydrogen (secondary N) is 2. The molecular weight excluding hydrogens is 443 g/mol. The van der Waals surface area contributed by atoms with Crippen molar-refractivity contribution in [3.05, 3.63) is 87.9 Å². The Balaban J connectivity index is 1.60. The molecule has 0 unspecified atom stereocenters. The third kappa shape index (κ3) is 5.98. The Bertz CT molecular complexity index is 1150. The van der Waals surface area contributed by atoms with Gasteiger partial charge in [0.25, 0.3) is 10.0 Å². The molecule has 0 aliphatic rings. The number of hydrogen-bond acceptors (Lipinski definition) is 3. The van der Waals surface area contributed by atoms with Gasteiger partial charge in [-0.05, 0) is 61.4 Å². The maximum absolute atomic E-state index is 12.6. The van der Waals surface area contributed by atoms with Gasteiger partial charge in [0.15, 0.2) is 0 Å². The Morgan fingerprint density at radius 1 is 0.933 bits per heavy atom. The maximum atomic E-state index is 12.6. The Morgan fingerprint density at radius 2 is 1.60 bits per heavy atom. The lowest BCUT2D eigenvalue weighted by Gasteiger charge is -2.11. The van der Waals surface area contributed by atoms with Gasteiger partial charge in [0, 0.05) is 17.1 Å². The van der Waals surface area contributed by atoms with E-state index < -0.39 is 10.0 Å². The second-order valence-electron chi connectivity index (χ2n) is 6.79. The number of amides is 1. The molecule has 0 radical (unpaired) electrons. The minimum absolute atomic E-state index is 0.0474. The summed E-state index contributed by atoms with van der Waals surface area (Å²) in [7, 11) is -3.83. The van der Waals surface area contributed by atoms with Crippen LogP contribution < -0.4 is 10.0 Å². The molecule has 0 heterocycles. The Labute approximate surface area is 186 Å². The van der Waals surface area contributed by atoms with Crippen LogP contribution in [0.15, 0.2) is 71.6 Å². The average molecular weight is 463 g/mol. The van der Waals surface area contributed by atoms with Gasteiger partial charge in [0.05, 0.1) is 15.6 Å². The maximum Gasteiger partial charge on any atom is 0.261 e. The molecule has 0 aliphatic heterocycles. The van der Waals surface area contributed by atoms with Crippen molar-refractivity contribution < 1.29 is 13.2 Å². The van der Waals surface area contributed by atoms with Gasteiger partial charge in [0.2, 0.25) is 5.91 Å². The second-order valence-corrected chi connectivity index (χ2v) is 9.31. The molecule has 3 aromatic carbocycles. The molecule has 0 fully saturated rings. The summed E-state index contributed by atoms with van der Waals surface area (Å²) in [6.45, 7) is 2.01. The molecule has 1 amide bonds. The normalized spacial score (nSPS) is 11.2. The van der Waals surface area contributed by atoms with E-state index in [0.29, 0.717) is 23.6 Å². The third-order valence-corrected chi connectivity index (χ3v) is 6.31. The number of aryl methyl sites for hydroxylation is 2. The lowest BCUT2D eigenvalue weighted by atomic mass is 10.1. The van der Waals surface area contributed by atoms with Gasteiger partial charge in [-0.1, -0.05) is 53.0 Å². The molecule has 3 rings (SSSR count). The molecule has 0 spiro atoms. The van der Waals surface area contributed by atoms with Crippen molar-refractivity contribution in [2.75, 3.05) is 10.0 Å². The Kier molecular flexibility index (Phi) is 7.02. The molecule has 3 aromatic rings. The van der Waals surface area contributed by atoms with E-state index in [1.807, 2.05) is 31.2 Å². The van der Waals surface area contributed by atoms with Crippen LogP contribution in [-0.2, 0) is 21.2 Å². The predicted octanol–water partition coefficient (Wildman–Crippen LogP) is 5.67. The molecule has 0 atom stereocenters. The highest BCUT2D eigenvalue weighted by Crippen LogP contribution is 2.27. The molecule has 0 bridgehead atoms. The largest absolute Gasteiger partial charge is 0.326 e. The molecule has 5 nitrogen and oxygen atoms in total. The molecule has 0 aliphatic carbocycles. The molecule has 30 heavy (non-hydrogen) atoms. The molecule has 8 heteroatoms. The molecular formula is C22H20Cl2N2O3S. The lowest BCUT2D eigenvalue weighted by Crippen LogP contribution is -2.14. The third-order valence-electron chi connectivity index (χ3n) is 4.39. The minimum atomic E-state index is -3.83. The molecule has 0 saturated heterocycles. The summed E-state index contributed by atoms with van der Waals surface area (Å²) in [5, 5.41) is 3.38. The zero-order valence-electron chi connectivity index (χ0n) is 16.2. The second kappa shape index (κ2) is 9.51. The number of halogens is 2. The average Bonchev–Trinajstić information content (AvgIpc) is 2.70. The first-order valence-electron chi connectivity index (χ1n) is 9.16. The number of hydrogen-bond donors (Lipinski definition) is 2. The van der Waals surface area contributed by atoms with Crippen molar-refractivity contribution in [1.29, 1.82) is 0 Å². The van der Waals surface area contributed by atoms with Gasteiger partial charge in [-0.15, -0.1) is 0 Å². The summed E-state index contributed by atoms with van der Waals surface area (Å²) in [4.78, 5) is 12.2. The van der Waals surface area contributed by atoms with Gasteiger partial charge < -0.3 is 5.32 Å². The summed E-state index contributed by atoms with van der Waals surface area (Å²) in [5.41, 5.74) is 3.01. The number of carbonyl (C=O) groups is 1. The first-order chi connectivity index (χ1) is 14.2. The summed E-state index contributed by atoms with van der Waals surface area (Å²) in [6, 6.07) is 18.4. The minimum Gasteiger partial charge on any atom is -0.326 e. The SMILES string of the molecule is Cc1ccc(CCC(=O)Nc2ccc(S(=O)(=O)Nc3ccc(Cl)cc3Cl)cc2)cc1. The Hall–Kier alpha value is -2.54. The van der Waals surface area contributed by atoms with Crippen LogP contribution in [0.4, 0.5) is 11.4 Å². The quantitative estimate of drug-likeness (QED) is 0.474. The zero-order valence-corrected chi connectivity index (χ0v) is 18.5. The fourth-order valence-corrected chi connectivity index (χ4v) is 4.32. The first kappa shape index (κ1) is 22.2. The van der Waals surface area contributed by atoms with E-state index in [2.05, 4.69) is 10.0 Å². The summed E-state index contributed by atoms with van der Waals surface area (Å²) >= 11 is 11.9. The smallest absolute Gasteiger partial charge is 0.261 e. The van der Waals surface area contributed by atoms with Gasteiger partial charge in [-0.25, -0.2) is 8.42 Å². The van der Waals surface area contributed by atoms with Crippen LogP contribution in [0, 0.1) is 6.92 Å². The monoisotopic (exact) mass is 462 g/mol. The molecule has 0 saturated carbocycles. The van der Waals surface area contributed by atoms with Gasteiger partial charge in [-0.2, -0.15) is 0 Å². The van der Waals surface area contributed by atoms with E-state index >= 15 is 0 Å². The van der Waals surface area contributed by atoms with Crippen LogP contribution in [0.25, 0.3) is 0 Å². The van der Waals surface area contributed by atoms with Crippen molar-refractivity contribution in [3.63, 3.8) is 0 Å². The number of rotatable bonds is 7. The predicted molar refractivity (Wildman–Crippen MR) is 122 cm³/mol. The summed E-state index contributed by atoms with van der Waals surface area (Å²) in [6.07, 6.45) is 0.962. The summed E-state index contributed by atoms with van der Waals surface area (Å²) in [5.74, 6) is -0.141. The topological polar surface area (TPSA) is 75.3 Å². The van der Waals surface area contributed by atoms with E-state index in [9.17, 15) is 13.2 Å². The van der Waals surface area contributed by atoms with Crippen LogP contribution in [0.3, 0.4) is 0 Å². The summed E-state index contributed by atoms with van der Waals surface area (Å²) < 4.78 is 27.6.